The van der Waals surface area contributed by atoms with E-state index in [1.807, 2.05) is 0 Å². The topological polar surface area (TPSA) is 15.3 Å². The molecule has 4 unspecified atom stereocenters. The lowest BCUT2D eigenvalue weighted by atomic mass is 9.75. The molecular formula is C15H30N2. The van der Waals surface area contributed by atoms with E-state index in [1.54, 1.807) is 0 Å². The zero-order valence-corrected chi connectivity index (χ0v) is 12.1. The molecule has 100 valence electrons. The normalized spacial score (nSPS) is 38.6. The summed E-state index contributed by atoms with van der Waals surface area (Å²) in [6.45, 7) is 11.8. The lowest BCUT2D eigenvalue weighted by Gasteiger charge is -2.46. The highest BCUT2D eigenvalue weighted by Crippen LogP contribution is 2.37. The fourth-order valence-electron chi connectivity index (χ4n) is 3.98. The van der Waals surface area contributed by atoms with Gasteiger partial charge in [-0.1, -0.05) is 27.7 Å². The first-order valence-electron chi connectivity index (χ1n) is 7.66. The summed E-state index contributed by atoms with van der Waals surface area (Å²) in [6, 6.07) is 2.41. The smallest absolute Gasteiger partial charge is 0.0277 e. The Kier molecular flexibility index (Phi) is 4.48. The Bertz CT molecular complexity index is 237. The summed E-state index contributed by atoms with van der Waals surface area (Å²) in [5.41, 5.74) is 0. The van der Waals surface area contributed by atoms with E-state index >= 15 is 0 Å². The molecule has 2 saturated carbocycles. The molecule has 2 rings (SSSR count). The molecule has 0 saturated heterocycles. The fourth-order valence-corrected chi connectivity index (χ4v) is 3.98. The second kappa shape index (κ2) is 5.71. The van der Waals surface area contributed by atoms with Crippen LogP contribution in [0.15, 0.2) is 0 Å². The van der Waals surface area contributed by atoms with Crippen molar-refractivity contribution in [1.29, 1.82) is 0 Å². The van der Waals surface area contributed by atoms with Gasteiger partial charge in [0, 0.05) is 18.1 Å². The average Bonchev–Trinajstić information content (AvgIpc) is 3.07. The molecule has 0 aromatic rings. The largest absolute Gasteiger partial charge is 0.313 e. The van der Waals surface area contributed by atoms with Crippen LogP contribution in [0.4, 0.5) is 0 Å². The van der Waals surface area contributed by atoms with Gasteiger partial charge in [0.05, 0.1) is 0 Å². The van der Waals surface area contributed by atoms with Crippen molar-refractivity contribution < 1.29 is 0 Å². The van der Waals surface area contributed by atoms with Crippen LogP contribution in [0.25, 0.3) is 0 Å². The minimum atomic E-state index is 0.722. The zero-order chi connectivity index (χ0) is 12.4. The Morgan fingerprint density at radius 3 is 2.35 bits per heavy atom. The SMILES string of the molecule is CCNC1CC(C)CC(C)C1N(CC)C1CC1. The summed E-state index contributed by atoms with van der Waals surface area (Å²) in [4.78, 5) is 2.80. The molecule has 2 aliphatic rings. The lowest BCUT2D eigenvalue weighted by Crippen LogP contribution is -2.57. The molecule has 17 heavy (non-hydrogen) atoms. The number of hydrogen-bond donors (Lipinski definition) is 1. The van der Waals surface area contributed by atoms with Gasteiger partial charge in [-0.3, -0.25) is 4.90 Å². The Hall–Kier alpha value is -0.0800. The first-order chi connectivity index (χ1) is 8.17. The number of hydrogen-bond acceptors (Lipinski definition) is 2. The van der Waals surface area contributed by atoms with Gasteiger partial charge >= 0.3 is 0 Å². The number of nitrogens with zero attached hydrogens (tertiary/aromatic N) is 1. The maximum Gasteiger partial charge on any atom is 0.0277 e. The van der Waals surface area contributed by atoms with Crippen molar-refractivity contribution in [2.75, 3.05) is 13.1 Å². The van der Waals surface area contributed by atoms with Crippen LogP contribution in [-0.4, -0.2) is 36.1 Å². The van der Waals surface area contributed by atoms with Crippen molar-refractivity contribution in [3.05, 3.63) is 0 Å². The van der Waals surface area contributed by atoms with E-state index in [9.17, 15) is 0 Å². The molecule has 2 nitrogen and oxygen atoms in total. The summed E-state index contributed by atoms with van der Waals surface area (Å²) in [5.74, 6) is 1.74. The van der Waals surface area contributed by atoms with Crippen molar-refractivity contribution in [3.63, 3.8) is 0 Å². The quantitative estimate of drug-likeness (QED) is 0.792. The second-order valence-corrected chi connectivity index (χ2v) is 6.27. The van der Waals surface area contributed by atoms with Gasteiger partial charge in [0.25, 0.3) is 0 Å². The van der Waals surface area contributed by atoms with Crippen LogP contribution >= 0.6 is 0 Å². The minimum Gasteiger partial charge on any atom is -0.313 e. The van der Waals surface area contributed by atoms with Gasteiger partial charge in [0.2, 0.25) is 0 Å². The lowest BCUT2D eigenvalue weighted by molar-refractivity contribution is 0.0597. The van der Waals surface area contributed by atoms with Crippen LogP contribution in [0.5, 0.6) is 0 Å². The number of rotatable bonds is 5. The third-order valence-electron chi connectivity index (χ3n) is 4.66. The molecule has 2 aliphatic carbocycles. The van der Waals surface area contributed by atoms with Crippen LogP contribution in [0.2, 0.25) is 0 Å². The van der Waals surface area contributed by atoms with Crippen molar-refractivity contribution >= 4 is 0 Å². The second-order valence-electron chi connectivity index (χ2n) is 6.27. The van der Waals surface area contributed by atoms with E-state index in [0.717, 1.165) is 36.5 Å². The van der Waals surface area contributed by atoms with Crippen LogP contribution in [-0.2, 0) is 0 Å². The Labute approximate surface area is 107 Å². The molecule has 0 aromatic heterocycles. The van der Waals surface area contributed by atoms with Gasteiger partial charge in [0.1, 0.15) is 0 Å². The number of likely N-dealkylation sites (N-methyl/N-ethyl adjacent to an activating group) is 2. The number of nitrogens with one attached hydrogen (secondary N) is 1. The third-order valence-corrected chi connectivity index (χ3v) is 4.66. The molecule has 0 amide bonds. The van der Waals surface area contributed by atoms with Crippen LogP contribution in [0.1, 0.15) is 53.4 Å². The van der Waals surface area contributed by atoms with E-state index < -0.39 is 0 Å². The monoisotopic (exact) mass is 238 g/mol. The van der Waals surface area contributed by atoms with E-state index in [-0.39, 0.29) is 0 Å². The molecular weight excluding hydrogens is 208 g/mol. The summed E-state index contributed by atoms with van der Waals surface area (Å²) in [5, 5.41) is 3.75. The Balaban J connectivity index is 2.07. The summed E-state index contributed by atoms with van der Waals surface area (Å²) < 4.78 is 0. The maximum absolute atomic E-state index is 3.75. The van der Waals surface area contributed by atoms with E-state index in [0.29, 0.717) is 0 Å². The van der Waals surface area contributed by atoms with Crippen molar-refractivity contribution in [2.24, 2.45) is 11.8 Å². The summed E-state index contributed by atoms with van der Waals surface area (Å²) in [6.07, 6.45) is 5.65. The Morgan fingerprint density at radius 2 is 1.82 bits per heavy atom. The average molecular weight is 238 g/mol. The van der Waals surface area contributed by atoms with Gasteiger partial charge in [-0.2, -0.15) is 0 Å². The van der Waals surface area contributed by atoms with Crippen LogP contribution in [0, 0.1) is 11.8 Å². The van der Waals surface area contributed by atoms with Crippen molar-refractivity contribution in [2.45, 2.75) is 71.5 Å². The van der Waals surface area contributed by atoms with Crippen molar-refractivity contribution in [3.8, 4) is 0 Å². The highest BCUT2D eigenvalue weighted by atomic mass is 15.2. The highest BCUT2D eigenvalue weighted by Gasteiger charge is 2.41. The molecule has 2 fully saturated rings. The van der Waals surface area contributed by atoms with Gasteiger partial charge in [-0.05, 0) is 50.6 Å². The van der Waals surface area contributed by atoms with Crippen LogP contribution < -0.4 is 5.32 Å². The molecule has 0 spiro atoms. The van der Waals surface area contributed by atoms with Crippen molar-refractivity contribution in [1.82, 2.24) is 10.2 Å². The first-order valence-corrected chi connectivity index (χ1v) is 7.66. The molecule has 0 radical (unpaired) electrons. The van der Waals surface area contributed by atoms with Gasteiger partial charge in [-0.15, -0.1) is 0 Å². The van der Waals surface area contributed by atoms with Crippen LogP contribution in [0.3, 0.4) is 0 Å². The van der Waals surface area contributed by atoms with Gasteiger partial charge in [-0.25, -0.2) is 0 Å². The first kappa shape index (κ1) is 13.4. The Morgan fingerprint density at radius 1 is 1.12 bits per heavy atom. The summed E-state index contributed by atoms with van der Waals surface area (Å²) >= 11 is 0. The van der Waals surface area contributed by atoms with E-state index in [1.165, 1.54) is 32.2 Å². The third kappa shape index (κ3) is 3.03. The molecule has 0 heterocycles. The standard InChI is InChI=1S/C15H30N2/c1-5-16-14-10-11(3)9-12(4)15(14)17(6-2)13-7-8-13/h11-16H,5-10H2,1-4H3. The highest BCUT2D eigenvalue weighted by molar-refractivity contribution is 4.98. The zero-order valence-electron chi connectivity index (χ0n) is 12.1. The molecule has 0 bridgehead atoms. The van der Waals surface area contributed by atoms with Gasteiger partial charge in [0.15, 0.2) is 0 Å². The van der Waals surface area contributed by atoms with E-state index in [4.69, 9.17) is 0 Å². The molecule has 4 atom stereocenters. The summed E-state index contributed by atoms with van der Waals surface area (Å²) in [7, 11) is 0. The minimum absolute atomic E-state index is 0.722. The molecule has 0 aromatic carbocycles. The molecule has 0 aliphatic heterocycles. The fraction of sp³-hybridized carbons (Fsp3) is 1.00. The maximum atomic E-state index is 3.75. The predicted molar refractivity (Wildman–Crippen MR) is 74.2 cm³/mol. The van der Waals surface area contributed by atoms with Gasteiger partial charge < -0.3 is 5.32 Å². The van der Waals surface area contributed by atoms with E-state index in [2.05, 4.69) is 37.9 Å². The molecule has 1 N–H and O–H groups in total. The predicted octanol–water partition coefficient (Wildman–Crippen LogP) is 2.88. The molecule has 2 heteroatoms.